The lowest BCUT2D eigenvalue weighted by Crippen LogP contribution is -2.67. The third kappa shape index (κ3) is 9.35. The Kier molecular flexibility index (Phi) is 14.2. The van der Waals surface area contributed by atoms with E-state index in [0.717, 1.165) is 17.9 Å². The number of aliphatic carboxylic acids is 1. The van der Waals surface area contributed by atoms with Crippen LogP contribution in [0.15, 0.2) is 0 Å². The zero-order valence-electron chi connectivity index (χ0n) is 17.9. The first kappa shape index (κ1) is 27.5. The highest BCUT2D eigenvalue weighted by Gasteiger charge is 2.47. The molecular weight excluding hydrogens is 398 g/mol. The topological polar surface area (TPSA) is 105 Å². The molecular formula is C19H39N3O4S2. The Morgan fingerprint density at radius 3 is 2.46 bits per heavy atom. The molecule has 0 aliphatic carbocycles. The summed E-state index contributed by atoms with van der Waals surface area (Å²) < 4.78 is 0. The molecule has 9 heteroatoms. The summed E-state index contributed by atoms with van der Waals surface area (Å²) >= 11 is 5.68. The number of nitrogens with one attached hydrogen (secondary N) is 1. The highest BCUT2D eigenvalue weighted by molar-refractivity contribution is 7.98. The predicted molar refractivity (Wildman–Crippen MR) is 120 cm³/mol. The number of hydroxylamine groups is 2. The Labute approximate surface area is 179 Å². The molecule has 0 aliphatic heterocycles. The molecule has 4 N–H and O–H groups in total. The van der Waals surface area contributed by atoms with Gasteiger partial charge in [0.1, 0.15) is 0 Å². The van der Waals surface area contributed by atoms with Gasteiger partial charge in [-0.3, -0.25) is 14.9 Å². The van der Waals surface area contributed by atoms with Crippen molar-refractivity contribution in [3.05, 3.63) is 0 Å². The van der Waals surface area contributed by atoms with E-state index < -0.39 is 11.6 Å². The molecule has 0 heterocycles. The smallest absolute Gasteiger partial charge is 0.347 e. The van der Waals surface area contributed by atoms with Gasteiger partial charge in [-0.1, -0.05) is 34.1 Å². The van der Waals surface area contributed by atoms with Crippen LogP contribution in [0, 0.1) is 11.8 Å². The van der Waals surface area contributed by atoms with Gasteiger partial charge in [0.05, 0.1) is 6.61 Å². The Morgan fingerprint density at radius 1 is 1.36 bits per heavy atom. The molecule has 0 saturated carbocycles. The van der Waals surface area contributed by atoms with E-state index in [9.17, 15) is 14.7 Å². The number of nitrogens with zero attached hydrogens (tertiary/aromatic N) is 1. The summed E-state index contributed by atoms with van der Waals surface area (Å²) in [4.78, 5) is 31.2. The molecule has 0 fully saturated rings. The summed E-state index contributed by atoms with van der Waals surface area (Å²) in [6, 6.07) is -0.335. The zero-order valence-corrected chi connectivity index (χ0v) is 19.7. The van der Waals surface area contributed by atoms with Gasteiger partial charge in [0, 0.05) is 31.2 Å². The third-order valence-corrected chi connectivity index (χ3v) is 5.68. The highest BCUT2D eigenvalue weighted by Crippen LogP contribution is 2.24. The number of amides is 1. The van der Waals surface area contributed by atoms with Crippen LogP contribution >= 0.6 is 24.4 Å². The largest absolute Gasteiger partial charge is 0.478 e. The molecule has 0 aliphatic rings. The average Bonchev–Trinajstić information content (AvgIpc) is 2.64. The summed E-state index contributed by atoms with van der Waals surface area (Å²) in [5, 5.41) is 14.2. The zero-order chi connectivity index (χ0) is 21.7. The molecule has 0 aromatic carbocycles. The molecule has 1 amide bonds. The van der Waals surface area contributed by atoms with E-state index in [1.807, 2.05) is 20.1 Å². The standard InChI is InChI=1S/C19H39N3O4S2/c1-6-15(4)7-9-26-22(17(23)11-14(2)3)19(18(24)25,8-10-28-5)21-12-16(20)13-27/h14-16,21,27H,6-13,20H2,1-5H3,(H,24,25)/t15-,16?,19-/m0/s1. The van der Waals surface area contributed by atoms with Gasteiger partial charge in [0.25, 0.3) is 0 Å². The van der Waals surface area contributed by atoms with Crippen molar-refractivity contribution in [3.63, 3.8) is 0 Å². The SMILES string of the molecule is CC[C@H](C)CCON(C(=O)CC(C)C)[C@](CCSC)(NCC(N)CS)C(=O)O. The van der Waals surface area contributed by atoms with Gasteiger partial charge in [0.15, 0.2) is 0 Å². The van der Waals surface area contributed by atoms with Gasteiger partial charge in [-0.25, -0.2) is 4.79 Å². The summed E-state index contributed by atoms with van der Waals surface area (Å²) in [5.41, 5.74) is 4.28. The van der Waals surface area contributed by atoms with Crippen LogP contribution < -0.4 is 11.1 Å². The molecule has 3 atom stereocenters. The van der Waals surface area contributed by atoms with Crippen molar-refractivity contribution in [3.8, 4) is 0 Å². The van der Waals surface area contributed by atoms with Crippen LogP contribution in [0.5, 0.6) is 0 Å². The first-order chi connectivity index (χ1) is 13.1. The first-order valence-corrected chi connectivity index (χ1v) is 12.0. The maximum atomic E-state index is 13.0. The quantitative estimate of drug-likeness (QED) is 0.167. The fourth-order valence-electron chi connectivity index (χ4n) is 2.52. The van der Waals surface area contributed by atoms with Crippen LogP contribution in [0.3, 0.4) is 0 Å². The molecule has 0 spiro atoms. The van der Waals surface area contributed by atoms with Crippen molar-refractivity contribution < 1.29 is 19.5 Å². The minimum absolute atomic E-state index is 0.0832. The molecule has 0 saturated heterocycles. The summed E-state index contributed by atoms with van der Waals surface area (Å²) in [5.74, 6) is -0.0172. The molecule has 0 rings (SSSR count). The van der Waals surface area contributed by atoms with Crippen LogP contribution in [-0.4, -0.2) is 64.7 Å². The van der Waals surface area contributed by atoms with Gasteiger partial charge < -0.3 is 10.8 Å². The van der Waals surface area contributed by atoms with E-state index in [2.05, 4.69) is 31.8 Å². The second-order valence-electron chi connectivity index (χ2n) is 7.65. The van der Waals surface area contributed by atoms with Crippen LogP contribution in [0.2, 0.25) is 0 Å². The number of thiol groups is 1. The van der Waals surface area contributed by atoms with Crippen LogP contribution in [0.25, 0.3) is 0 Å². The fourth-order valence-corrected chi connectivity index (χ4v) is 3.15. The van der Waals surface area contributed by atoms with E-state index in [4.69, 9.17) is 10.6 Å². The molecule has 166 valence electrons. The highest BCUT2D eigenvalue weighted by atomic mass is 32.2. The summed E-state index contributed by atoms with van der Waals surface area (Å²) in [7, 11) is 0. The minimum atomic E-state index is -1.66. The molecule has 0 radical (unpaired) electrons. The van der Waals surface area contributed by atoms with Crippen molar-refractivity contribution in [1.82, 2.24) is 10.4 Å². The second kappa shape index (κ2) is 14.5. The first-order valence-electron chi connectivity index (χ1n) is 9.94. The van der Waals surface area contributed by atoms with Gasteiger partial charge in [-0.05, 0) is 30.3 Å². The van der Waals surface area contributed by atoms with E-state index in [0.29, 0.717) is 17.4 Å². The summed E-state index contributed by atoms with van der Waals surface area (Å²) in [6.45, 7) is 8.53. The van der Waals surface area contributed by atoms with Gasteiger partial charge in [-0.2, -0.15) is 29.5 Å². The Hall–Kier alpha value is -0.480. The number of rotatable bonds is 16. The molecule has 7 nitrogen and oxygen atoms in total. The Bertz CT molecular complexity index is 468. The van der Waals surface area contributed by atoms with Crippen LogP contribution in [0.4, 0.5) is 0 Å². The lowest BCUT2D eigenvalue weighted by molar-refractivity contribution is -0.237. The second-order valence-corrected chi connectivity index (χ2v) is 9.00. The number of hydrogen-bond donors (Lipinski definition) is 4. The molecule has 28 heavy (non-hydrogen) atoms. The number of carboxylic acids is 1. The van der Waals surface area contributed by atoms with E-state index in [1.165, 1.54) is 11.8 Å². The van der Waals surface area contributed by atoms with E-state index in [-0.39, 0.29) is 43.9 Å². The monoisotopic (exact) mass is 437 g/mol. The number of nitrogens with two attached hydrogens (primary N) is 1. The van der Waals surface area contributed by atoms with Crippen LogP contribution in [0.1, 0.15) is 53.4 Å². The van der Waals surface area contributed by atoms with Crippen molar-refractivity contribution in [2.75, 3.05) is 30.9 Å². The van der Waals surface area contributed by atoms with E-state index >= 15 is 0 Å². The van der Waals surface area contributed by atoms with Gasteiger partial charge in [0.2, 0.25) is 11.6 Å². The number of carbonyl (C=O) groups is 2. The number of carbonyl (C=O) groups excluding carboxylic acids is 1. The molecule has 1 unspecified atom stereocenters. The summed E-state index contributed by atoms with van der Waals surface area (Å²) in [6.07, 6.45) is 4.05. The molecule has 0 bridgehead atoms. The Balaban J connectivity index is 5.77. The molecule has 0 aromatic rings. The lowest BCUT2D eigenvalue weighted by atomic mass is 10.0. The average molecular weight is 438 g/mol. The van der Waals surface area contributed by atoms with Crippen molar-refractivity contribution in [2.24, 2.45) is 17.6 Å². The van der Waals surface area contributed by atoms with E-state index in [1.54, 1.807) is 0 Å². The maximum absolute atomic E-state index is 13.0. The lowest BCUT2D eigenvalue weighted by Gasteiger charge is -2.41. The van der Waals surface area contributed by atoms with Gasteiger partial charge in [-0.15, -0.1) is 0 Å². The number of carboxylic acid groups (broad SMARTS) is 1. The van der Waals surface area contributed by atoms with Gasteiger partial charge >= 0.3 is 5.97 Å². The third-order valence-electron chi connectivity index (χ3n) is 4.60. The Morgan fingerprint density at radius 2 is 2.00 bits per heavy atom. The molecule has 0 aromatic heterocycles. The fraction of sp³-hybridized carbons (Fsp3) is 0.895. The minimum Gasteiger partial charge on any atom is -0.478 e. The van der Waals surface area contributed by atoms with Crippen molar-refractivity contribution >= 4 is 36.3 Å². The number of thioether (sulfide) groups is 1. The van der Waals surface area contributed by atoms with Crippen molar-refractivity contribution in [1.29, 1.82) is 0 Å². The normalized spacial score (nSPS) is 15.9. The van der Waals surface area contributed by atoms with Crippen LogP contribution in [-0.2, 0) is 14.4 Å². The number of hydrogen-bond acceptors (Lipinski definition) is 7. The maximum Gasteiger partial charge on any atom is 0.347 e. The van der Waals surface area contributed by atoms with Crippen molar-refractivity contribution in [2.45, 2.75) is 65.1 Å². The predicted octanol–water partition coefficient (Wildman–Crippen LogP) is 2.61.